The summed E-state index contributed by atoms with van der Waals surface area (Å²) in [5, 5.41) is 6.12. The lowest BCUT2D eigenvalue weighted by Gasteiger charge is -2.23. The van der Waals surface area contributed by atoms with Gasteiger partial charge in [0.15, 0.2) is 0 Å². The summed E-state index contributed by atoms with van der Waals surface area (Å²) >= 11 is 0. The van der Waals surface area contributed by atoms with E-state index >= 15 is 0 Å². The van der Waals surface area contributed by atoms with E-state index < -0.39 is 0 Å². The fourth-order valence-corrected chi connectivity index (χ4v) is 2.01. The molecule has 5 nitrogen and oxygen atoms in total. The summed E-state index contributed by atoms with van der Waals surface area (Å²) in [5.41, 5.74) is 0.944. The van der Waals surface area contributed by atoms with E-state index in [9.17, 15) is 4.79 Å². The number of benzene rings is 1. The average Bonchev–Trinajstić information content (AvgIpc) is 2.46. The second-order valence-corrected chi connectivity index (χ2v) is 4.53. The van der Waals surface area contributed by atoms with E-state index in [2.05, 4.69) is 10.6 Å². The Hall–Kier alpha value is -1.59. The zero-order valence-corrected chi connectivity index (χ0v) is 11.1. The van der Waals surface area contributed by atoms with Crippen molar-refractivity contribution in [2.24, 2.45) is 0 Å². The Labute approximate surface area is 113 Å². The van der Waals surface area contributed by atoms with Crippen LogP contribution in [0, 0.1) is 0 Å². The third-order valence-electron chi connectivity index (χ3n) is 3.03. The van der Waals surface area contributed by atoms with Gasteiger partial charge in [0.05, 0.1) is 26.2 Å². The van der Waals surface area contributed by atoms with Crippen molar-refractivity contribution < 1.29 is 14.3 Å². The molecule has 1 heterocycles. The molecule has 19 heavy (non-hydrogen) atoms. The highest BCUT2D eigenvalue weighted by atomic mass is 16.5. The molecule has 2 rings (SSSR count). The van der Waals surface area contributed by atoms with Gasteiger partial charge in [-0.2, -0.15) is 0 Å². The number of hydrogen-bond acceptors (Lipinski definition) is 4. The highest BCUT2D eigenvalue weighted by Gasteiger charge is 2.14. The topological polar surface area (TPSA) is 59.6 Å². The zero-order valence-electron chi connectivity index (χ0n) is 11.1. The van der Waals surface area contributed by atoms with Crippen molar-refractivity contribution in [1.29, 1.82) is 0 Å². The predicted molar refractivity (Wildman–Crippen MR) is 72.3 cm³/mol. The van der Waals surface area contributed by atoms with Crippen LogP contribution in [0.1, 0.15) is 5.56 Å². The number of hydrogen-bond donors (Lipinski definition) is 2. The van der Waals surface area contributed by atoms with Gasteiger partial charge in [-0.25, -0.2) is 0 Å². The van der Waals surface area contributed by atoms with Crippen molar-refractivity contribution in [1.82, 2.24) is 10.6 Å². The third-order valence-corrected chi connectivity index (χ3v) is 3.03. The van der Waals surface area contributed by atoms with E-state index in [1.807, 2.05) is 24.3 Å². The molecule has 0 spiro atoms. The summed E-state index contributed by atoms with van der Waals surface area (Å²) in [6, 6.07) is 7.54. The van der Waals surface area contributed by atoms with Gasteiger partial charge in [0, 0.05) is 19.6 Å². The monoisotopic (exact) mass is 264 g/mol. The summed E-state index contributed by atoms with van der Waals surface area (Å²) in [6.07, 6.45) is 0.431. The first-order chi connectivity index (χ1) is 9.28. The van der Waals surface area contributed by atoms with Crippen molar-refractivity contribution in [2.75, 3.05) is 33.4 Å². The van der Waals surface area contributed by atoms with E-state index in [4.69, 9.17) is 9.47 Å². The first-order valence-corrected chi connectivity index (χ1v) is 6.50. The molecule has 1 fully saturated rings. The zero-order chi connectivity index (χ0) is 13.5. The molecule has 1 atom stereocenters. The van der Waals surface area contributed by atoms with Gasteiger partial charge < -0.3 is 20.1 Å². The van der Waals surface area contributed by atoms with E-state index in [-0.39, 0.29) is 12.0 Å². The van der Waals surface area contributed by atoms with Crippen LogP contribution in [-0.2, 0) is 16.0 Å². The van der Waals surface area contributed by atoms with Crippen LogP contribution in [0.5, 0.6) is 5.75 Å². The minimum atomic E-state index is 0.00225. The van der Waals surface area contributed by atoms with Gasteiger partial charge in [-0.1, -0.05) is 12.1 Å². The molecule has 104 valence electrons. The highest BCUT2D eigenvalue weighted by molar-refractivity contribution is 5.78. The van der Waals surface area contributed by atoms with Crippen LogP contribution in [0.4, 0.5) is 0 Å². The summed E-state index contributed by atoms with van der Waals surface area (Å²) in [5.74, 6) is 0.771. The van der Waals surface area contributed by atoms with E-state index in [1.165, 1.54) is 0 Å². The summed E-state index contributed by atoms with van der Waals surface area (Å²) in [6.45, 7) is 2.93. The first-order valence-electron chi connectivity index (χ1n) is 6.50. The molecule has 1 saturated heterocycles. The van der Waals surface area contributed by atoms with Gasteiger partial charge in [0.1, 0.15) is 5.75 Å². The van der Waals surface area contributed by atoms with Crippen LogP contribution in [0.2, 0.25) is 0 Å². The van der Waals surface area contributed by atoms with Crippen molar-refractivity contribution in [3.63, 3.8) is 0 Å². The molecular weight excluding hydrogens is 244 g/mol. The maximum absolute atomic E-state index is 11.8. The normalized spacial score (nSPS) is 18.9. The van der Waals surface area contributed by atoms with Gasteiger partial charge in [0.25, 0.3) is 0 Å². The van der Waals surface area contributed by atoms with E-state index in [0.717, 1.165) is 24.4 Å². The number of nitrogens with one attached hydrogen (secondary N) is 2. The molecule has 0 radical (unpaired) electrons. The number of morpholine rings is 1. The molecule has 1 aliphatic rings. The molecule has 0 saturated carbocycles. The number of rotatable bonds is 5. The summed E-state index contributed by atoms with van der Waals surface area (Å²) in [7, 11) is 1.62. The lowest BCUT2D eigenvalue weighted by Crippen LogP contribution is -2.45. The van der Waals surface area contributed by atoms with Gasteiger partial charge in [-0.15, -0.1) is 0 Å². The third kappa shape index (κ3) is 4.54. The number of ether oxygens (including phenoxy) is 2. The maximum atomic E-state index is 11.8. The van der Waals surface area contributed by atoms with Crippen LogP contribution in [0.3, 0.4) is 0 Å². The van der Waals surface area contributed by atoms with Crippen LogP contribution in [0.15, 0.2) is 24.3 Å². The molecule has 0 aromatic heterocycles. The Bertz CT molecular complexity index is 417. The number of amides is 1. The molecule has 0 aliphatic carbocycles. The Morgan fingerprint density at radius 2 is 2.47 bits per heavy atom. The highest BCUT2D eigenvalue weighted by Crippen LogP contribution is 2.12. The quantitative estimate of drug-likeness (QED) is 0.805. The van der Waals surface area contributed by atoms with Crippen molar-refractivity contribution in [2.45, 2.75) is 12.5 Å². The van der Waals surface area contributed by atoms with E-state index in [0.29, 0.717) is 19.6 Å². The minimum absolute atomic E-state index is 0.00225. The smallest absolute Gasteiger partial charge is 0.224 e. The summed E-state index contributed by atoms with van der Waals surface area (Å²) in [4.78, 5) is 11.8. The Morgan fingerprint density at radius 1 is 1.58 bits per heavy atom. The largest absolute Gasteiger partial charge is 0.497 e. The predicted octanol–water partition coefficient (Wildman–Crippen LogP) is 0.342. The fraction of sp³-hybridized carbons (Fsp3) is 0.500. The molecule has 1 aromatic rings. The molecule has 1 amide bonds. The molecular formula is C14H20N2O3. The van der Waals surface area contributed by atoms with Crippen LogP contribution < -0.4 is 15.4 Å². The standard InChI is InChI=1S/C14H20N2O3/c1-18-12-4-2-3-11(7-12)8-14(17)16-10-13-9-15-5-6-19-13/h2-4,7,13,15H,5-6,8-10H2,1H3,(H,16,17). The average molecular weight is 264 g/mol. The van der Waals surface area contributed by atoms with Crippen molar-refractivity contribution in [3.8, 4) is 5.75 Å². The maximum Gasteiger partial charge on any atom is 0.224 e. The number of methoxy groups -OCH3 is 1. The second-order valence-electron chi connectivity index (χ2n) is 4.53. The summed E-state index contributed by atoms with van der Waals surface area (Å²) < 4.78 is 10.6. The minimum Gasteiger partial charge on any atom is -0.497 e. The van der Waals surface area contributed by atoms with Gasteiger partial charge in [0.2, 0.25) is 5.91 Å². The van der Waals surface area contributed by atoms with Crippen molar-refractivity contribution in [3.05, 3.63) is 29.8 Å². The van der Waals surface area contributed by atoms with Gasteiger partial charge in [-0.3, -0.25) is 4.79 Å². The molecule has 1 aromatic carbocycles. The van der Waals surface area contributed by atoms with Crippen molar-refractivity contribution >= 4 is 5.91 Å². The molecule has 1 aliphatic heterocycles. The van der Waals surface area contributed by atoms with Crippen LogP contribution in [-0.4, -0.2) is 45.4 Å². The lowest BCUT2D eigenvalue weighted by atomic mass is 10.1. The van der Waals surface area contributed by atoms with Gasteiger partial charge in [-0.05, 0) is 17.7 Å². The molecule has 0 bridgehead atoms. The lowest BCUT2D eigenvalue weighted by molar-refractivity contribution is -0.121. The Balaban J connectivity index is 1.76. The molecule has 2 N–H and O–H groups in total. The molecule has 1 unspecified atom stereocenters. The van der Waals surface area contributed by atoms with Crippen LogP contribution >= 0.6 is 0 Å². The number of carbonyl (C=O) groups is 1. The SMILES string of the molecule is COc1cccc(CC(=O)NCC2CNCCO2)c1. The number of carbonyl (C=O) groups excluding carboxylic acids is 1. The molecule has 5 heteroatoms. The first kappa shape index (κ1) is 13.8. The Kier molecular flexibility index (Phi) is 5.18. The Morgan fingerprint density at radius 3 is 3.21 bits per heavy atom. The van der Waals surface area contributed by atoms with Gasteiger partial charge >= 0.3 is 0 Å². The second kappa shape index (κ2) is 7.11. The fourth-order valence-electron chi connectivity index (χ4n) is 2.01. The van der Waals surface area contributed by atoms with Crippen LogP contribution in [0.25, 0.3) is 0 Å². The van der Waals surface area contributed by atoms with E-state index in [1.54, 1.807) is 7.11 Å².